The summed E-state index contributed by atoms with van der Waals surface area (Å²) in [5.41, 5.74) is 0. The summed E-state index contributed by atoms with van der Waals surface area (Å²) in [6, 6.07) is 13.4. The van der Waals surface area contributed by atoms with E-state index in [1.54, 1.807) is 0 Å². The van der Waals surface area contributed by atoms with E-state index in [4.69, 9.17) is 9.84 Å². The fourth-order valence-electron chi connectivity index (χ4n) is 2.01. The quantitative estimate of drug-likeness (QED) is 0.847. The summed E-state index contributed by atoms with van der Waals surface area (Å²) in [5.74, 6) is 0.467. The Hall–Kier alpha value is -2.07. The largest absolute Gasteiger partial charge is 0.483 e. The second kappa shape index (κ2) is 6.91. The molecule has 20 heavy (non-hydrogen) atoms. The first-order chi connectivity index (χ1) is 9.74. The SMILES string of the molecule is CCC(CO)NC(=O)COc1cccc2ccccc12. The predicted octanol–water partition coefficient (Wildman–Crippen LogP) is 2.11. The molecule has 0 aliphatic rings. The number of aliphatic hydroxyl groups is 1. The highest BCUT2D eigenvalue weighted by atomic mass is 16.5. The zero-order valence-corrected chi connectivity index (χ0v) is 11.5. The van der Waals surface area contributed by atoms with Crippen LogP contribution in [0.15, 0.2) is 42.5 Å². The van der Waals surface area contributed by atoms with Crippen LogP contribution in [0.3, 0.4) is 0 Å². The Labute approximate surface area is 118 Å². The lowest BCUT2D eigenvalue weighted by Crippen LogP contribution is -2.39. The molecule has 0 spiro atoms. The molecule has 0 radical (unpaired) electrons. The summed E-state index contributed by atoms with van der Waals surface area (Å²) in [4.78, 5) is 11.7. The molecular formula is C16H19NO3. The van der Waals surface area contributed by atoms with Crippen molar-refractivity contribution in [2.75, 3.05) is 13.2 Å². The summed E-state index contributed by atoms with van der Waals surface area (Å²) < 4.78 is 5.58. The van der Waals surface area contributed by atoms with Gasteiger partial charge in [0.25, 0.3) is 5.91 Å². The van der Waals surface area contributed by atoms with Gasteiger partial charge in [-0.15, -0.1) is 0 Å². The number of rotatable bonds is 6. The molecule has 0 bridgehead atoms. The molecule has 1 atom stereocenters. The number of amides is 1. The van der Waals surface area contributed by atoms with E-state index < -0.39 is 0 Å². The molecule has 4 nitrogen and oxygen atoms in total. The van der Waals surface area contributed by atoms with Gasteiger partial charge in [-0.3, -0.25) is 4.79 Å². The normalized spacial score (nSPS) is 12.1. The molecule has 2 N–H and O–H groups in total. The molecule has 4 heteroatoms. The van der Waals surface area contributed by atoms with Gasteiger partial charge in [0.1, 0.15) is 5.75 Å². The molecule has 2 rings (SSSR count). The molecule has 0 aromatic heterocycles. The van der Waals surface area contributed by atoms with Crippen LogP contribution in [0.5, 0.6) is 5.75 Å². The number of aliphatic hydroxyl groups excluding tert-OH is 1. The van der Waals surface area contributed by atoms with Crippen molar-refractivity contribution in [1.29, 1.82) is 0 Å². The highest BCUT2D eigenvalue weighted by Crippen LogP contribution is 2.24. The standard InChI is InChI=1S/C16H19NO3/c1-2-13(10-18)17-16(19)11-20-15-9-5-7-12-6-3-4-8-14(12)15/h3-9,13,18H,2,10-11H2,1H3,(H,17,19). The fourth-order valence-corrected chi connectivity index (χ4v) is 2.01. The van der Waals surface area contributed by atoms with E-state index in [0.717, 1.165) is 10.8 Å². The van der Waals surface area contributed by atoms with E-state index in [2.05, 4.69) is 5.32 Å². The highest BCUT2D eigenvalue weighted by Gasteiger charge is 2.10. The maximum absolute atomic E-state index is 11.7. The summed E-state index contributed by atoms with van der Waals surface area (Å²) in [6.45, 7) is 1.80. The molecule has 0 saturated carbocycles. The molecule has 106 valence electrons. The van der Waals surface area contributed by atoms with Crippen molar-refractivity contribution in [3.8, 4) is 5.75 Å². The highest BCUT2D eigenvalue weighted by molar-refractivity contribution is 5.88. The van der Waals surface area contributed by atoms with Crippen molar-refractivity contribution in [3.05, 3.63) is 42.5 Å². The molecule has 1 amide bonds. The molecular weight excluding hydrogens is 254 g/mol. The lowest BCUT2D eigenvalue weighted by Gasteiger charge is -2.14. The predicted molar refractivity (Wildman–Crippen MR) is 78.8 cm³/mol. The van der Waals surface area contributed by atoms with E-state index >= 15 is 0 Å². The number of benzene rings is 2. The van der Waals surface area contributed by atoms with Gasteiger partial charge in [0.15, 0.2) is 6.61 Å². The lowest BCUT2D eigenvalue weighted by molar-refractivity contribution is -0.124. The zero-order chi connectivity index (χ0) is 14.4. The first kappa shape index (κ1) is 14.3. The van der Waals surface area contributed by atoms with Crippen LogP contribution in [0, 0.1) is 0 Å². The van der Waals surface area contributed by atoms with Gasteiger partial charge in [0.05, 0.1) is 12.6 Å². The molecule has 2 aromatic carbocycles. The van der Waals surface area contributed by atoms with Crippen LogP contribution in [0.1, 0.15) is 13.3 Å². The summed E-state index contributed by atoms with van der Waals surface area (Å²) in [6.07, 6.45) is 0.691. The maximum Gasteiger partial charge on any atom is 0.258 e. The average molecular weight is 273 g/mol. The van der Waals surface area contributed by atoms with Crippen molar-refractivity contribution in [1.82, 2.24) is 5.32 Å². The van der Waals surface area contributed by atoms with Crippen LogP contribution in [0.2, 0.25) is 0 Å². The number of hydrogen-bond acceptors (Lipinski definition) is 3. The minimum Gasteiger partial charge on any atom is -0.483 e. The van der Waals surface area contributed by atoms with Gasteiger partial charge < -0.3 is 15.2 Å². The van der Waals surface area contributed by atoms with Gasteiger partial charge in [0.2, 0.25) is 0 Å². The third-order valence-electron chi connectivity index (χ3n) is 3.19. The van der Waals surface area contributed by atoms with Crippen LogP contribution in [0.25, 0.3) is 10.8 Å². The van der Waals surface area contributed by atoms with E-state index in [1.807, 2.05) is 49.4 Å². The number of hydrogen-bond donors (Lipinski definition) is 2. The monoisotopic (exact) mass is 273 g/mol. The Morgan fingerprint density at radius 1 is 1.25 bits per heavy atom. The van der Waals surface area contributed by atoms with Gasteiger partial charge >= 0.3 is 0 Å². The van der Waals surface area contributed by atoms with Crippen LogP contribution in [0.4, 0.5) is 0 Å². The van der Waals surface area contributed by atoms with Crippen LogP contribution in [-0.2, 0) is 4.79 Å². The zero-order valence-electron chi connectivity index (χ0n) is 11.5. The number of ether oxygens (including phenoxy) is 1. The van der Waals surface area contributed by atoms with Crippen molar-refractivity contribution in [2.24, 2.45) is 0 Å². The fraction of sp³-hybridized carbons (Fsp3) is 0.312. The second-order valence-electron chi connectivity index (χ2n) is 4.62. The van der Waals surface area contributed by atoms with Gasteiger partial charge in [-0.2, -0.15) is 0 Å². The lowest BCUT2D eigenvalue weighted by atomic mass is 10.1. The number of fused-ring (bicyclic) bond motifs is 1. The van der Waals surface area contributed by atoms with Gasteiger partial charge in [0, 0.05) is 5.39 Å². The smallest absolute Gasteiger partial charge is 0.258 e. The topological polar surface area (TPSA) is 58.6 Å². The van der Waals surface area contributed by atoms with E-state index in [-0.39, 0.29) is 25.2 Å². The van der Waals surface area contributed by atoms with Gasteiger partial charge in [-0.05, 0) is 17.9 Å². The van der Waals surface area contributed by atoms with Crippen LogP contribution >= 0.6 is 0 Å². The van der Waals surface area contributed by atoms with Gasteiger partial charge in [-0.1, -0.05) is 43.3 Å². The Bertz CT molecular complexity index is 573. The minimum absolute atomic E-state index is 0.0511. The summed E-state index contributed by atoms with van der Waals surface area (Å²) in [7, 11) is 0. The Kier molecular flexibility index (Phi) is 4.96. The molecule has 0 aliphatic carbocycles. The third-order valence-corrected chi connectivity index (χ3v) is 3.19. The Morgan fingerprint density at radius 3 is 2.75 bits per heavy atom. The Morgan fingerprint density at radius 2 is 2.00 bits per heavy atom. The first-order valence-electron chi connectivity index (χ1n) is 6.75. The van der Waals surface area contributed by atoms with Gasteiger partial charge in [-0.25, -0.2) is 0 Å². The molecule has 1 unspecified atom stereocenters. The summed E-state index contributed by atoms with van der Waals surface area (Å²) >= 11 is 0. The first-order valence-corrected chi connectivity index (χ1v) is 6.75. The van der Waals surface area contributed by atoms with Crippen molar-refractivity contribution in [3.63, 3.8) is 0 Å². The third kappa shape index (κ3) is 3.48. The molecule has 0 aliphatic heterocycles. The van der Waals surface area contributed by atoms with Crippen molar-refractivity contribution >= 4 is 16.7 Å². The number of carbonyl (C=O) groups is 1. The van der Waals surface area contributed by atoms with E-state index in [1.165, 1.54) is 0 Å². The average Bonchev–Trinajstić information content (AvgIpc) is 2.50. The summed E-state index contributed by atoms with van der Waals surface area (Å²) in [5, 5.41) is 13.8. The van der Waals surface area contributed by atoms with E-state index in [9.17, 15) is 4.79 Å². The number of carbonyl (C=O) groups excluding carboxylic acids is 1. The molecule has 0 heterocycles. The van der Waals surface area contributed by atoms with E-state index in [0.29, 0.717) is 12.2 Å². The Balaban J connectivity index is 2.01. The second-order valence-corrected chi connectivity index (χ2v) is 4.62. The molecule has 2 aromatic rings. The maximum atomic E-state index is 11.7. The van der Waals surface area contributed by atoms with Crippen LogP contribution in [-0.4, -0.2) is 30.3 Å². The van der Waals surface area contributed by atoms with Crippen LogP contribution < -0.4 is 10.1 Å². The molecule has 0 fully saturated rings. The number of nitrogens with one attached hydrogen (secondary N) is 1. The van der Waals surface area contributed by atoms with Crippen molar-refractivity contribution < 1.29 is 14.6 Å². The molecule has 0 saturated heterocycles. The minimum atomic E-state index is -0.223. The van der Waals surface area contributed by atoms with Crippen molar-refractivity contribution in [2.45, 2.75) is 19.4 Å².